The second-order valence-corrected chi connectivity index (χ2v) is 11.0. The van der Waals surface area contributed by atoms with E-state index in [9.17, 15) is 13.2 Å². The lowest BCUT2D eigenvalue weighted by molar-refractivity contribution is 0.0952. The van der Waals surface area contributed by atoms with Crippen LogP contribution >= 0.6 is 0 Å². The van der Waals surface area contributed by atoms with Crippen molar-refractivity contribution in [3.8, 4) is 17.0 Å². The molecule has 0 unspecified atom stereocenters. The summed E-state index contributed by atoms with van der Waals surface area (Å²) in [5.74, 6) is 0.610. The number of benzene rings is 2. The monoisotopic (exact) mass is 476 g/mol. The molecule has 4 aromatic rings. The van der Waals surface area contributed by atoms with Crippen LogP contribution < -0.4 is 10.1 Å². The van der Waals surface area contributed by atoms with Gasteiger partial charge in [0.05, 0.1) is 34.2 Å². The fraction of sp³-hybridized carbons (Fsp3) is 0.240. The Hall–Kier alpha value is -3.72. The van der Waals surface area contributed by atoms with Gasteiger partial charge in [0.15, 0.2) is 15.5 Å². The van der Waals surface area contributed by atoms with Gasteiger partial charge in [-0.2, -0.15) is 0 Å². The van der Waals surface area contributed by atoms with Crippen molar-refractivity contribution in [3.05, 3.63) is 71.5 Å². The van der Waals surface area contributed by atoms with Gasteiger partial charge in [0.25, 0.3) is 5.91 Å². The molecule has 0 aliphatic carbocycles. The standard InChI is InChI=1S/C25H24N4O4S/c1-15(2)34(31,32)19-7-5-17(6-8-19)21-14-27-24-23(29-21)20(13-26-24)25(30)28-12-16-3-4-18-9-10-33-22(18)11-16/h3-8,11,13-15H,9-10,12H2,1-2H3,(H,26,27)(H,28,30). The molecule has 2 aromatic heterocycles. The molecule has 1 amide bonds. The van der Waals surface area contributed by atoms with Gasteiger partial charge in [0.1, 0.15) is 11.3 Å². The Labute approximate surface area is 197 Å². The predicted octanol–water partition coefficient (Wildman–Crippen LogP) is 3.67. The maximum Gasteiger partial charge on any atom is 0.255 e. The van der Waals surface area contributed by atoms with Gasteiger partial charge in [0, 0.05) is 24.7 Å². The topological polar surface area (TPSA) is 114 Å². The summed E-state index contributed by atoms with van der Waals surface area (Å²) in [5, 5.41) is 2.43. The maximum atomic E-state index is 12.9. The highest BCUT2D eigenvalue weighted by Crippen LogP contribution is 2.27. The van der Waals surface area contributed by atoms with E-state index < -0.39 is 15.1 Å². The van der Waals surface area contributed by atoms with E-state index in [1.807, 2.05) is 18.2 Å². The summed E-state index contributed by atoms with van der Waals surface area (Å²) in [6.45, 7) is 4.36. The van der Waals surface area contributed by atoms with Crippen molar-refractivity contribution in [2.45, 2.75) is 37.0 Å². The Kier molecular flexibility index (Phi) is 5.57. The number of hydrogen-bond donors (Lipinski definition) is 2. The van der Waals surface area contributed by atoms with Gasteiger partial charge in [-0.3, -0.25) is 4.79 Å². The Morgan fingerprint density at radius 2 is 1.97 bits per heavy atom. The number of sulfone groups is 1. The van der Waals surface area contributed by atoms with Crippen molar-refractivity contribution < 1.29 is 17.9 Å². The molecule has 0 saturated carbocycles. The van der Waals surface area contributed by atoms with E-state index in [0.29, 0.717) is 41.1 Å². The first-order valence-electron chi connectivity index (χ1n) is 11.0. The minimum absolute atomic E-state index is 0.263. The first kappa shape index (κ1) is 22.1. The predicted molar refractivity (Wildman–Crippen MR) is 128 cm³/mol. The number of ether oxygens (including phenoxy) is 1. The number of carbonyl (C=O) groups is 1. The number of H-pyrrole nitrogens is 1. The van der Waals surface area contributed by atoms with Crippen LogP contribution in [0.1, 0.15) is 35.3 Å². The molecule has 8 nitrogen and oxygen atoms in total. The van der Waals surface area contributed by atoms with Gasteiger partial charge in [-0.25, -0.2) is 18.4 Å². The number of amides is 1. The van der Waals surface area contributed by atoms with Gasteiger partial charge in [0.2, 0.25) is 0 Å². The fourth-order valence-electron chi connectivity index (χ4n) is 3.89. The molecule has 0 radical (unpaired) electrons. The summed E-state index contributed by atoms with van der Waals surface area (Å²) >= 11 is 0. The lowest BCUT2D eigenvalue weighted by Crippen LogP contribution is -2.22. The third-order valence-corrected chi connectivity index (χ3v) is 8.11. The first-order chi connectivity index (χ1) is 16.3. The summed E-state index contributed by atoms with van der Waals surface area (Å²) in [7, 11) is -3.35. The van der Waals surface area contributed by atoms with Gasteiger partial charge in [-0.05, 0) is 43.2 Å². The molecule has 2 N–H and O–H groups in total. The van der Waals surface area contributed by atoms with Crippen molar-refractivity contribution in [1.29, 1.82) is 0 Å². The second-order valence-electron chi connectivity index (χ2n) is 8.50. The van der Waals surface area contributed by atoms with E-state index in [0.717, 1.165) is 17.7 Å². The van der Waals surface area contributed by atoms with Crippen molar-refractivity contribution in [2.75, 3.05) is 6.61 Å². The first-order valence-corrected chi connectivity index (χ1v) is 12.6. The van der Waals surface area contributed by atoms with Crippen LogP contribution in [0.15, 0.2) is 59.8 Å². The molecular formula is C25H24N4O4S. The average molecular weight is 477 g/mol. The highest BCUT2D eigenvalue weighted by Gasteiger charge is 2.20. The second kappa shape index (κ2) is 8.57. The van der Waals surface area contributed by atoms with E-state index >= 15 is 0 Å². The third kappa shape index (κ3) is 4.03. The molecule has 1 aliphatic rings. The maximum absolute atomic E-state index is 12.9. The molecule has 0 atom stereocenters. The number of carbonyl (C=O) groups excluding carboxylic acids is 1. The molecular weight excluding hydrogens is 452 g/mol. The van der Waals surface area contributed by atoms with E-state index in [1.54, 1.807) is 50.5 Å². The van der Waals surface area contributed by atoms with Gasteiger partial charge >= 0.3 is 0 Å². The number of fused-ring (bicyclic) bond motifs is 2. The zero-order valence-electron chi connectivity index (χ0n) is 18.8. The number of rotatable bonds is 6. The lowest BCUT2D eigenvalue weighted by atomic mass is 10.1. The minimum atomic E-state index is -3.35. The number of nitrogens with one attached hydrogen (secondary N) is 2. The van der Waals surface area contributed by atoms with Gasteiger partial charge in [-0.1, -0.05) is 24.3 Å². The summed E-state index contributed by atoms with van der Waals surface area (Å²) in [5.41, 5.74) is 4.74. The summed E-state index contributed by atoms with van der Waals surface area (Å²) in [6, 6.07) is 12.5. The van der Waals surface area contributed by atoms with Gasteiger partial charge in [-0.15, -0.1) is 0 Å². The molecule has 3 heterocycles. The van der Waals surface area contributed by atoms with Crippen LogP contribution in [0.5, 0.6) is 5.75 Å². The zero-order chi connectivity index (χ0) is 23.9. The Morgan fingerprint density at radius 1 is 1.18 bits per heavy atom. The molecule has 0 fully saturated rings. The van der Waals surface area contributed by atoms with Crippen LogP contribution in [0.3, 0.4) is 0 Å². The minimum Gasteiger partial charge on any atom is -0.493 e. The number of nitrogens with zero attached hydrogens (tertiary/aromatic N) is 2. The smallest absolute Gasteiger partial charge is 0.255 e. The molecule has 9 heteroatoms. The van der Waals surface area contributed by atoms with Crippen molar-refractivity contribution in [1.82, 2.24) is 20.3 Å². The summed E-state index contributed by atoms with van der Waals surface area (Å²) in [4.78, 5) is 25.2. The van der Waals surface area contributed by atoms with Crippen LogP contribution in [0.25, 0.3) is 22.4 Å². The van der Waals surface area contributed by atoms with Crippen LogP contribution in [0.4, 0.5) is 0 Å². The molecule has 0 spiro atoms. The van der Waals surface area contributed by atoms with E-state index in [1.165, 1.54) is 5.56 Å². The van der Waals surface area contributed by atoms with Crippen LogP contribution in [-0.2, 0) is 22.8 Å². The van der Waals surface area contributed by atoms with Crippen LogP contribution in [0, 0.1) is 0 Å². The van der Waals surface area contributed by atoms with Crippen molar-refractivity contribution >= 4 is 26.9 Å². The fourth-order valence-corrected chi connectivity index (χ4v) is 4.95. The summed E-state index contributed by atoms with van der Waals surface area (Å²) in [6.07, 6.45) is 4.10. The molecule has 5 rings (SSSR count). The normalized spacial score (nSPS) is 13.1. The number of hydrogen-bond acceptors (Lipinski definition) is 6. The largest absolute Gasteiger partial charge is 0.493 e. The molecule has 34 heavy (non-hydrogen) atoms. The molecule has 174 valence electrons. The van der Waals surface area contributed by atoms with Crippen molar-refractivity contribution in [3.63, 3.8) is 0 Å². The van der Waals surface area contributed by atoms with E-state index in [2.05, 4.69) is 20.3 Å². The quantitative estimate of drug-likeness (QED) is 0.439. The van der Waals surface area contributed by atoms with E-state index in [4.69, 9.17) is 4.74 Å². The average Bonchev–Trinajstić information content (AvgIpc) is 3.48. The van der Waals surface area contributed by atoms with Gasteiger partial charge < -0.3 is 15.0 Å². The van der Waals surface area contributed by atoms with Crippen molar-refractivity contribution in [2.24, 2.45) is 0 Å². The number of aromatic amines is 1. The third-order valence-electron chi connectivity index (χ3n) is 5.94. The SMILES string of the molecule is CC(C)S(=O)(=O)c1ccc(-c2cnc3[nH]cc(C(=O)NCc4ccc5c(c4)OCC5)c3n2)cc1. The highest BCUT2D eigenvalue weighted by molar-refractivity contribution is 7.92. The zero-order valence-corrected chi connectivity index (χ0v) is 19.6. The molecule has 1 aliphatic heterocycles. The Bertz CT molecular complexity index is 1490. The summed E-state index contributed by atoms with van der Waals surface area (Å²) < 4.78 is 30.4. The Balaban J connectivity index is 1.37. The highest BCUT2D eigenvalue weighted by atomic mass is 32.2. The molecule has 2 aromatic carbocycles. The Morgan fingerprint density at radius 3 is 2.74 bits per heavy atom. The van der Waals surface area contributed by atoms with Crippen LogP contribution in [-0.4, -0.2) is 41.1 Å². The van der Waals surface area contributed by atoms with Crippen LogP contribution in [0.2, 0.25) is 0 Å². The van der Waals surface area contributed by atoms with E-state index in [-0.39, 0.29) is 10.8 Å². The molecule has 0 saturated heterocycles. The number of aromatic nitrogens is 3. The molecule has 0 bridgehead atoms. The lowest BCUT2D eigenvalue weighted by Gasteiger charge is -2.09.